The fourth-order valence-electron chi connectivity index (χ4n) is 7.94. The molecule has 0 saturated carbocycles. The van der Waals surface area contributed by atoms with Crippen LogP contribution in [-0.4, -0.2) is 83.8 Å². The van der Waals surface area contributed by atoms with Gasteiger partial charge in [-0.15, -0.1) is 0 Å². The number of carbonyl (C=O) groups is 2. The summed E-state index contributed by atoms with van der Waals surface area (Å²) in [6.07, 6.45) is 43.8. The zero-order valence-electron chi connectivity index (χ0n) is 41.9. The number of rotatable bonds is 43. The first-order valence-corrected chi connectivity index (χ1v) is 26.2. The van der Waals surface area contributed by atoms with Gasteiger partial charge in [0.2, 0.25) is 0 Å². The summed E-state index contributed by atoms with van der Waals surface area (Å²) in [5.74, 6) is -2.28. The molecule has 60 heavy (non-hydrogen) atoms. The summed E-state index contributed by atoms with van der Waals surface area (Å²) in [6, 6.07) is 0. The smallest absolute Gasteiger partial charge is 0.187 e. The number of hydrogen-bond acceptors (Lipinski definition) is 6. The molecule has 362 valence electrons. The van der Waals surface area contributed by atoms with E-state index in [4.69, 9.17) is 0 Å². The number of carboxylic acid groups (broad SMARTS) is 2. The lowest BCUT2D eigenvalue weighted by molar-refractivity contribution is -0.952. The Kier molecular flexibility index (Phi) is 49.7. The van der Waals surface area contributed by atoms with Gasteiger partial charge in [-0.2, -0.15) is 0 Å². The molecule has 8 heteroatoms. The maximum absolute atomic E-state index is 10.2. The molecule has 0 fully saturated rings. The zero-order valence-corrected chi connectivity index (χ0v) is 41.9. The maximum Gasteiger partial charge on any atom is 0.187 e. The highest BCUT2D eigenvalue weighted by Gasteiger charge is 2.27. The summed E-state index contributed by atoms with van der Waals surface area (Å²) >= 11 is 0. The molecule has 0 aromatic rings. The molecule has 0 aromatic carbocycles. The SMILES string of the molecule is CCCCCCCCCC[N+](C)(CCCCCCCCCC)C(C)O.CCCCCCCCCC[N+](C)(CCCCCCCCCC)C(C)O.O=C([O-])CCCCC(=O)[O-]. The second-order valence-electron chi connectivity index (χ2n) is 19.0. The van der Waals surface area contributed by atoms with Gasteiger partial charge in [-0.3, -0.25) is 0 Å². The Morgan fingerprint density at radius 2 is 0.517 bits per heavy atom. The van der Waals surface area contributed by atoms with Crippen LogP contribution in [0.2, 0.25) is 0 Å². The lowest BCUT2D eigenvalue weighted by Gasteiger charge is -2.37. The van der Waals surface area contributed by atoms with Crippen molar-refractivity contribution in [3.8, 4) is 0 Å². The molecule has 0 aliphatic carbocycles. The number of aliphatic hydroxyl groups is 2. The molecule has 2 N–H and O–H groups in total. The standard InChI is InChI=1S/2C23H50NO.C6H10O4/c2*1-5-7-9-11-13-15-17-19-21-24(4,23(3)25)22-20-18-16-14-12-10-8-6-2;7-5(8)3-1-2-4-6(9)10/h2*23,25H,5-22H2,1-4H3;1-4H2,(H,7,8)(H,9,10)/q2*+1;/p-2. The van der Waals surface area contributed by atoms with Crippen molar-refractivity contribution in [2.75, 3.05) is 40.3 Å². The van der Waals surface area contributed by atoms with Gasteiger partial charge in [0.05, 0.1) is 40.3 Å². The third kappa shape index (κ3) is 46.3. The maximum atomic E-state index is 10.2. The van der Waals surface area contributed by atoms with Crippen LogP contribution < -0.4 is 10.2 Å². The average molecular weight is 857 g/mol. The van der Waals surface area contributed by atoms with E-state index in [9.17, 15) is 30.0 Å². The third-order valence-electron chi connectivity index (χ3n) is 12.9. The largest absolute Gasteiger partial charge is 0.550 e. The number of aliphatic hydroxyl groups excluding tert-OH is 2. The molecule has 0 heterocycles. The first-order valence-electron chi connectivity index (χ1n) is 26.2. The Hall–Kier alpha value is -1.22. The number of aliphatic carboxylic acids is 2. The van der Waals surface area contributed by atoms with Crippen molar-refractivity contribution >= 4 is 11.9 Å². The summed E-state index contributed by atoms with van der Waals surface area (Å²) in [5.41, 5.74) is 0. The third-order valence-corrected chi connectivity index (χ3v) is 12.9. The predicted octanol–water partition coefficient (Wildman–Crippen LogP) is 12.2. The Balaban J connectivity index is -0.000000884. The second-order valence-corrected chi connectivity index (χ2v) is 19.0. The first kappa shape index (κ1) is 63.1. The predicted molar refractivity (Wildman–Crippen MR) is 254 cm³/mol. The number of unbranched alkanes of at least 4 members (excludes halogenated alkanes) is 29. The number of carboxylic acids is 2. The summed E-state index contributed by atoms with van der Waals surface area (Å²) in [4.78, 5) is 19.5. The van der Waals surface area contributed by atoms with Gasteiger partial charge in [-0.25, -0.2) is 0 Å². The van der Waals surface area contributed by atoms with E-state index in [1.807, 2.05) is 13.8 Å². The molecule has 0 bridgehead atoms. The molecular formula is C52H108N2O6. The number of quaternary nitrogens is 2. The van der Waals surface area contributed by atoms with E-state index >= 15 is 0 Å². The minimum absolute atomic E-state index is 0.0761. The topological polar surface area (TPSA) is 121 Å². The monoisotopic (exact) mass is 857 g/mol. The molecule has 0 aliphatic rings. The minimum Gasteiger partial charge on any atom is -0.550 e. The van der Waals surface area contributed by atoms with Crippen molar-refractivity contribution in [1.82, 2.24) is 0 Å². The van der Waals surface area contributed by atoms with E-state index in [-0.39, 0.29) is 25.3 Å². The van der Waals surface area contributed by atoms with E-state index < -0.39 is 11.9 Å². The highest BCUT2D eigenvalue weighted by Crippen LogP contribution is 2.19. The number of nitrogens with zero attached hydrogens (tertiary/aromatic N) is 2. The Bertz CT molecular complexity index is 773. The van der Waals surface area contributed by atoms with Crippen molar-refractivity contribution in [2.24, 2.45) is 0 Å². The highest BCUT2D eigenvalue weighted by atomic mass is 16.4. The van der Waals surface area contributed by atoms with Crippen LogP contribution >= 0.6 is 0 Å². The molecule has 0 radical (unpaired) electrons. The van der Waals surface area contributed by atoms with Crippen LogP contribution in [0.15, 0.2) is 0 Å². The summed E-state index contributed by atoms with van der Waals surface area (Å²) < 4.78 is 1.71. The van der Waals surface area contributed by atoms with Crippen molar-refractivity contribution in [2.45, 2.75) is 285 Å². The fraction of sp³-hybridized carbons (Fsp3) is 0.962. The number of hydrogen-bond donors (Lipinski definition) is 2. The van der Waals surface area contributed by atoms with Crippen LogP contribution in [0, 0.1) is 0 Å². The Morgan fingerprint density at radius 3 is 0.667 bits per heavy atom. The second kappa shape index (κ2) is 47.3. The van der Waals surface area contributed by atoms with Crippen LogP contribution in [0.25, 0.3) is 0 Å². The summed E-state index contributed by atoms with van der Waals surface area (Å²) in [7, 11) is 4.51. The summed E-state index contributed by atoms with van der Waals surface area (Å²) in [5, 5.41) is 40.0. The average Bonchev–Trinajstić information content (AvgIpc) is 3.21. The first-order chi connectivity index (χ1) is 28.8. The van der Waals surface area contributed by atoms with E-state index in [2.05, 4.69) is 41.8 Å². The molecular weight excluding hydrogens is 749 g/mol. The quantitative estimate of drug-likeness (QED) is 0.0358. The minimum atomic E-state index is -1.14. The Labute approximate surface area is 375 Å². The highest BCUT2D eigenvalue weighted by molar-refractivity contribution is 5.65. The van der Waals surface area contributed by atoms with Crippen molar-refractivity contribution in [3.63, 3.8) is 0 Å². The van der Waals surface area contributed by atoms with E-state index in [0.717, 1.165) is 35.1 Å². The van der Waals surface area contributed by atoms with Crippen molar-refractivity contribution < 1.29 is 39.0 Å². The van der Waals surface area contributed by atoms with Crippen molar-refractivity contribution in [1.29, 1.82) is 0 Å². The molecule has 0 saturated heterocycles. The normalized spacial score (nSPS) is 12.6. The molecule has 0 aromatic heterocycles. The van der Waals surface area contributed by atoms with Crippen LogP contribution in [-0.2, 0) is 9.59 Å². The van der Waals surface area contributed by atoms with Crippen molar-refractivity contribution in [3.05, 3.63) is 0 Å². The van der Waals surface area contributed by atoms with Gasteiger partial charge in [0, 0.05) is 25.8 Å². The lowest BCUT2D eigenvalue weighted by Crippen LogP contribution is -2.52. The van der Waals surface area contributed by atoms with Gasteiger partial charge in [0.1, 0.15) is 0 Å². The van der Waals surface area contributed by atoms with Crippen LogP contribution in [0.4, 0.5) is 0 Å². The van der Waals surface area contributed by atoms with Crippen LogP contribution in [0.5, 0.6) is 0 Å². The summed E-state index contributed by atoms with van der Waals surface area (Å²) in [6.45, 7) is 17.6. The molecule has 2 atom stereocenters. The van der Waals surface area contributed by atoms with Gasteiger partial charge in [0.15, 0.2) is 12.5 Å². The van der Waals surface area contributed by atoms with Gasteiger partial charge in [0.25, 0.3) is 0 Å². The molecule has 0 amide bonds. The molecule has 0 aliphatic heterocycles. The number of carbonyl (C=O) groups excluding carboxylic acids is 2. The van der Waals surface area contributed by atoms with Crippen LogP contribution in [0.1, 0.15) is 273 Å². The van der Waals surface area contributed by atoms with Gasteiger partial charge in [-0.05, 0) is 77.0 Å². The lowest BCUT2D eigenvalue weighted by atomic mass is 10.1. The fourth-order valence-corrected chi connectivity index (χ4v) is 7.94. The Morgan fingerprint density at radius 1 is 0.350 bits per heavy atom. The van der Waals surface area contributed by atoms with Gasteiger partial charge >= 0.3 is 0 Å². The molecule has 2 unspecified atom stereocenters. The molecule has 0 spiro atoms. The molecule has 0 rings (SSSR count). The van der Waals surface area contributed by atoms with E-state index in [1.54, 1.807) is 0 Å². The van der Waals surface area contributed by atoms with Gasteiger partial charge in [-0.1, -0.05) is 182 Å². The molecule has 8 nitrogen and oxygen atoms in total. The zero-order chi connectivity index (χ0) is 45.6. The van der Waals surface area contributed by atoms with E-state index in [0.29, 0.717) is 12.8 Å². The van der Waals surface area contributed by atoms with E-state index in [1.165, 1.54) is 205 Å². The van der Waals surface area contributed by atoms with Crippen LogP contribution in [0.3, 0.4) is 0 Å². The van der Waals surface area contributed by atoms with Gasteiger partial charge < -0.3 is 39.0 Å².